The van der Waals surface area contributed by atoms with Crippen molar-refractivity contribution >= 4 is 33.7 Å². The summed E-state index contributed by atoms with van der Waals surface area (Å²) in [5, 5.41) is 3.82. The fraction of sp³-hybridized carbons (Fsp3) is 0.0667. The van der Waals surface area contributed by atoms with Crippen molar-refractivity contribution in [3.8, 4) is 10.4 Å². The van der Waals surface area contributed by atoms with Crippen molar-refractivity contribution in [1.82, 2.24) is 9.97 Å². The number of aromatic nitrogens is 2. The highest BCUT2D eigenvalue weighted by Gasteiger charge is 2.09. The number of hydrogen-bond acceptors (Lipinski definition) is 6. The highest BCUT2D eigenvalue weighted by atomic mass is 32.1. The van der Waals surface area contributed by atoms with Crippen LogP contribution in [0.1, 0.15) is 5.69 Å². The third kappa shape index (κ3) is 2.95. The summed E-state index contributed by atoms with van der Waals surface area (Å²) in [6.07, 6.45) is 1.76. The van der Waals surface area contributed by atoms with Crippen LogP contribution in [0, 0.1) is 6.92 Å². The summed E-state index contributed by atoms with van der Waals surface area (Å²) < 4.78 is 0. The fourth-order valence-electron chi connectivity index (χ4n) is 2.09. The number of hydrogen-bond donors (Lipinski definition) is 3. The van der Waals surface area contributed by atoms with Crippen molar-refractivity contribution < 1.29 is 0 Å². The Morgan fingerprint density at radius 1 is 1.14 bits per heavy atom. The van der Waals surface area contributed by atoms with Gasteiger partial charge in [-0.25, -0.2) is 9.97 Å². The van der Waals surface area contributed by atoms with E-state index in [4.69, 9.17) is 11.5 Å². The predicted molar refractivity (Wildman–Crippen MR) is 88.6 cm³/mol. The summed E-state index contributed by atoms with van der Waals surface area (Å²) in [5.74, 6) is 0.754. The third-order valence-electron chi connectivity index (χ3n) is 2.99. The molecule has 5 nitrogen and oxygen atoms in total. The zero-order valence-corrected chi connectivity index (χ0v) is 12.3. The molecule has 21 heavy (non-hydrogen) atoms. The number of nitrogens with zero attached hydrogens (tertiary/aromatic N) is 2. The van der Waals surface area contributed by atoms with E-state index in [1.54, 1.807) is 6.20 Å². The van der Waals surface area contributed by atoms with Gasteiger partial charge in [-0.1, -0.05) is 17.4 Å². The zero-order chi connectivity index (χ0) is 14.8. The lowest BCUT2D eigenvalue weighted by Crippen LogP contribution is -1.94. The molecule has 0 unspecified atom stereocenters. The molecule has 2 heterocycles. The molecular weight excluding hydrogens is 282 g/mol. The molecular formula is C15H15N5S. The molecule has 0 atom stereocenters. The molecule has 3 rings (SSSR count). The van der Waals surface area contributed by atoms with Gasteiger partial charge in [-0.3, -0.25) is 0 Å². The van der Waals surface area contributed by atoms with E-state index in [0.717, 1.165) is 27.6 Å². The van der Waals surface area contributed by atoms with E-state index < -0.39 is 0 Å². The topological polar surface area (TPSA) is 89.8 Å². The smallest absolute Gasteiger partial charge is 0.180 e. The number of nitrogens with two attached hydrogens (primary N) is 2. The number of rotatable bonds is 3. The summed E-state index contributed by atoms with van der Waals surface area (Å²) in [4.78, 5) is 9.64. The van der Waals surface area contributed by atoms with Gasteiger partial charge in [0.2, 0.25) is 0 Å². The molecule has 0 radical (unpaired) electrons. The normalized spacial score (nSPS) is 10.5. The first kappa shape index (κ1) is 13.4. The Bertz CT molecular complexity index is 781. The molecule has 5 N–H and O–H groups in total. The van der Waals surface area contributed by atoms with Crippen molar-refractivity contribution in [3.63, 3.8) is 0 Å². The number of nitrogen functional groups attached to an aromatic ring is 2. The minimum Gasteiger partial charge on any atom is -0.399 e. The van der Waals surface area contributed by atoms with Gasteiger partial charge in [-0.15, -0.1) is 0 Å². The molecule has 2 aromatic heterocycles. The van der Waals surface area contributed by atoms with Gasteiger partial charge in [0.25, 0.3) is 0 Å². The van der Waals surface area contributed by atoms with Crippen molar-refractivity contribution in [2.45, 2.75) is 6.92 Å². The zero-order valence-electron chi connectivity index (χ0n) is 11.5. The van der Waals surface area contributed by atoms with E-state index in [-0.39, 0.29) is 0 Å². The Kier molecular flexibility index (Phi) is 3.45. The van der Waals surface area contributed by atoms with Gasteiger partial charge in [-0.05, 0) is 42.8 Å². The molecule has 0 saturated carbocycles. The van der Waals surface area contributed by atoms with Gasteiger partial charge < -0.3 is 16.8 Å². The second-order valence-corrected chi connectivity index (χ2v) is 5.68. The largest absolute Gasteiger partial charge is 0.399 e. The minimum absolute atomic E-state index is 0.574. The molecule has 0 aliphatic carbocycles. The lowest BCUT2D eigenvalue weighted by molar-refractivity contribution is 1.26. The number of anilines is 4. The molecule has 0 aliphatic rings. The van der Waals surface area contributed by atoms with E-state index in [0.29, 0.717) is 10.8 Å². The predicted octanol–water partition coefficient (Wildman–Crippen LogP) is 3.42. The van der Waals surface area contributed by atoms with Gasteiger partial charge in [0.1, 0.15) is 5.82 Å². The summed E-state index contributed by atoms with van der Waals surface area (Å²) in [6, 6.07) is 11.5. The highest BCUT2D eigenvalue weighted by Crippen LogP contribution is 2.32. The van der Waals surface area contributed by atoms with Crippen LogP contribution >= 0.6 is 11.3 Å². The Labute approximate surface area is 126 Å². The molecule has 6 heteroatoms. The maximum absolute atomic E-state index is 5.77. The van der Waals surface area contributed by atoms with E-state index >= 15 is 0 Å². The Balaban J connectivity index is 1.92. The standard InChI is InChI=1S/C15H15N5S/c1-9-14(21-15(17)19-9)10-5-6-18-13(7-10)20-12-4-2-3-11(16)8-12/h2-8H,16H2,1H3,(H2,17,19)(H,18,20). The Morgan fingerprint density at radius 2 is 2.00 bits per heavy atom. The summed E-state index contributed by atoms with van der Waals surface area (Å²) in [7, 11) is 0. The van der Waals surface area contributed by atoms with Gasteiger partial charge in [0, 0.05) is 17.6 Å². The number of nitrogens with one attached hydrogen (secondary N) is 1. The quantitative estimate of drug-likeness (QED) is 0.644. The second-order valence-electron chi connectivity index (χ2n) is 4.65. The van der Waals surface area contributed by atoms with Crippen LogP contribution < -0.4 is 16.8 Å². The van der Waals surface area contributed by atoms with E-state index in [9.17, 15) is 0 Å². The molecule has 1 aromatic carbocycles. The van der Waals surface area contributed by atoms with Crippen molar-refractivity contribution in [3.05, 3.63) is 48.3 Å². The number of thiazole rings is 1. The first-order valence-corrected chi connectivity index (χ1v) is 7.25. The molecule has 0 amide bonds. The van der Waals surface area contributed by atoms with Crippen LogP contribution in [0.4, 0.5) is 22.3 Å². The lowest BCUT2D eigenvalue weighted by Gasteiger charge is -2.07. The van der Waals surface area contributed by atoms with Crippen LogP contribution in [0.3, 0.4) is 0 Å². The number of aryl methyl sites for hydroxylation is 1. The first-order valence-electron chi connectivity index (χ1n) is 6.44. The highest BCUT2D eigenvalue weighted by molar-refractivity contribution is 7.18. The van der Waals surface area contributed by atoms with Crippen molar-refractivity contribution in [2.75, 3.05) is 16.8 Å². The fourth-order valence-corrected chi connectivity index (χ4v) is 2.92. The molecule has 0 aliphatic heterocycles. The van der Waals surface area contributed by atoms with Crippen LogP contribution in [0.5, 0.6) is 0 Å². The summed E-state index contributed by atoms with van der Waals surface area (Å²) in [6.45, 7) is 1.95. The average Bonchev–Trinajstić information content (AvgIpc) is 2.78. The van der Waals surface area contributed by atoms with Crippen LogP contribution in [-0.4, -0.2) is 9.97 Å². The minimum atomic E-state index is 0.574. The lowest BCUT2D eigenvalue weighted by atomic mass is 10.2. The summed E-state index contributed by atoms with van der Waals surface area (Å²) >= 11 is 1.48. The van der Waals surface area contributed by atoms with Crippen LogP contribution in [0.25, 0.3) is 10.4 Å². The van der Waals surface area contributed by atoms with Gasteiger partial charge in [0.15, 0.2) is 5.13 Å². The average molecular weight is 297 g/mol. The first-order chi connectivity index (χ1) is 10.1. The molecule has 106 valence electrons. The number of pyridine rings is 1. The SMILES string of the molecule is Cc1nc(N)sc1-c1ccnc(Nc2cccc(N)c2)c1. The molecule has 0 saturated heterocycles. The van der Waals surface area contributed by atoms with Crippen LogP contribution in [-0.2, 0) is 0 Å². The van der Waals surface area contributed by atoms with E-state index in [1.807, 2.05) is 43.3 Å². The number of benzene rings is 1. The van der Waals surface area contributed by atoms with Gasteiger partial charge in [0.05, 0.1) is 10.6 Å². The molecule has 0 bridgehead atoms. The van der Waals surface area contributed by atoms with E-state index in [1.165, 1.54) is 11.3 Å². The summed E-state index contributed by atoms with van der Waals surface area (Å²) in [5.41, 5.74) is 15.1. The van der Waals surface area contributed by atoms with E-state index in [2.05, 4.69) is 15.3 Å². The Hall–Kier alpha value is -2.60. The third-order valence-corrected chi connectivity index (χ3v) is 4.03. The van der Waals surface area contributed by atoms with Crippen molar-refractivity contribution in [1.29, 1.82) is 0 Å². The van der Waals surface area contributed by atoms with Crippen LogP contribution in [0.2, 0.25) is 0 Å². The van der Waals surface area contributed by atoms with Gasteiger partial charge in [-0.2, -0.15) is 0 Å². The van der Waals surface area contributed by atoms with Crippen molar-refractivity contribution in [2.24, 2.45) is 0 Å². The maximum atomic E-state index is 5.77. The van der Waals surface area contributed by atoms with Gasteiger partial charge >= 0.3 is 0 Å². The second kappa shape index (κ2) is 5.41. The molecule has 3 aromatic rings. The molecule has 0 spiro atoms. The Morgan fingerprint density at radius 3 is 2.71 bits per heavy atom. The van der Waals surface area contributed by atoms with Crippen LogP contribution in [0.15, 0.2) is 42.6 Å². The maximum Gasteiger partial charge on any atom is 0.180 e. The molecule has 0 fully saturated rings. The monoisotopic (exact) mass is 297 g/mol.